The van der Waals surface area contributed by atoms with Crippen LogP contribution in [0.25, 0.3) is 0 Å². The van der Waals surface area contributed by atoms with Crippen molar-refractivity contribution in [2.45, 2.75) is 46.0 Å². The van der Waals surface area contributed by atoms with Gasteiger partial charge in [0.05, 0.1) is 0 Å². The fourth-order valence-electron chi connectivity index (χ4n) is 3.43. The Bertz CT molecular complexity index is 567. The average molecular weight is 293 g/mol. The second-order valence-corrected chi connectivity index (χ2v) is 6.80. The van der Waals surface area contributed by atoms with Crippen molar-refractivity contribution in [2.24, 2.45) is 5.92 Å². The third-order valence-electron chi connectivity index (χ3n) is 4.64. The summed E-state index contributed by atoms with van der Waals surface area (Å²) in [5.74, 6) is 0.809. The summed E-state index contributed by atoms with van der Waals surface area (Å²) in [6, 6.07) is 17.9. The summed E-state index contributed by atoms with van der Waals surface area (Å²) < 4.78 is 0. The first-order valence-corrected chi connectivity index (χ1v) is 8.69. The summed E-state index contributed by atoms with van der Waals surface area (Å²) in [4.78, 5) is 2.55. The minimum absolute atomic E-state index is 0.809. The average Bonchev–Trinajstić information content (AvgIpc) is 2.69. The predicted molar refractivity (Wildman–Crippen MR) is 96.0 cm³/mol. The van der Waals surface area contributed by atoms with Gasteiger partial charge in [-0.1, -0.05) is 63.1 Å². The lowest BCUT2D eigenvalue weighted by Crippen LogP contribution is -2.19. The Morgan fingerprint density at radius 1 is 0.818 bits per heavy atom. The molecule has 1 aliphatic heterocycles. The maximum Gasteiger partial charge on any atom is 0.0443 e. The van der Waals surface area contributed by atoms with E-state index in [0.29, 0.717) is 0 Å². The number of fused-ring (bicyclic) bond motifs is 2. The van der Waals surface area contributed by atoms with Crippen LogP contribution in [0.3, 0.4) is 0 Å². The molecule has 1 nitrogen and oxygen atoms in total. The number of nitrogens with zero attached hydrogens (tertiary/aromatic N) is 1. The third-order valence-corrected chi connectivity index (χ3v) is 4.64. The molecule has 0 spiro atoms. The number of unbranched alkanes of at least 4 members (excludes halogenated alkanes) is 1. The van der Waals surface area contributed by atoms with Crippen LogP contribution in [-0.2, 0) is 12.8 Å². The van der Waals surface area contributed by atoms with E-state index in [2.05, 4.69) is 67.3 Å². The van der Waals surface area contributed by atoms with Crippen molar-refractivity contribution in [3.05, 3.63) is 59.7 Å². The van der Waals surface area contributed by atoms with Gasteiger partial charge in [0.25, 0.3) is 0 Å². The highest BCUT2D eigenvalue weighted by molar-refractivity contribution is 5.71. The van der Waals surface area contributed by atoms with Crippen molar-refractivity contribution in [2.75, 3.05) is 11.4 Å². The van der Waals surface area contributed by atoms with E-state index in [9.17, 15) is 0 Å². The van der Waals surface area contributed by atoms with Crippen molar-refractivity contribution in [3.63, 3.8) is 0 Å². The lowest BCUT2D eigenvalue weighted by Gasteiger charge is -2.27. The van der Waals surface area contributed by atoms with E-state index >= 15 is 0 Å². The number of aryl methyl sites for hydroxylation is 2. The van der Waals surface area contributed by atoms with Gasteiger partial charge in [-0.3, -0.25) is 0 Å². The van der Waals surface area contributed by atoms with Crippen LogP contribution in [0.5, 0.6) is 0 Å². The Morgan fingerprint density at radius 3 is 1.91 bits per heavy atom. The van der Waals surface area contributed by atoms with E-state index in [4.69, 9.17) is 0 Å². The van der Waals surface area contributed by atoms with E-state index in [1.807, 2.05) is 0 Å². The van der Waals surface area contributed by atoms with Crippen molar-refractivity contribution in [1.29, 1.82) is 0 Å². The smallest absolute Gasteiger partial charge is 0.0443 e. The number of para-hydroxylation sites is 2. The van der Waals surface area contributed by atoms with Crippen LogP contribution in [0.1, 0.15) is 44.2 Å². The molecule has 2 aromatic rings. The van der Waals surface area contributed by atoms with Crippen molar-refractivity contribution < 1.29 is 0 Å². The molecule has 116 valence electrons. The van der Waals surface area contributed by atoms with Crippen molar-refractivity contribution in [1.82, 2.24) is 0 Å². The van der Waals surface area contributed by atoms with E-state index in [-0.39, 0.29) is 0 Å². The second-order valence-electron chi connectivity index (χ2n) is 6.80. The minimum atomic E-state index is 0.809. The molecule has 0 fully saturated rings. The molecule has 1 heteroatoms. The largest absolute Gasteiger partial charge is 0.341 e. The van der Waals surface area contributed by atoms with Gasteiger partial charge in [-0.25, -0.2) is 0 Å². The summed E-state index contributed by atoms with van der Waals surface area (Å²) in [6.45, 7) is 5.76. The summed E-state index contributed by atoms with van der Waals surface area (Å²) in [5.41, 5.74) is 5.80. The number of rotatable bonds is 5. The van der Waals surface area contributed by atoms with Gasteiger partial charge in [0.15, 0.2) is 0 Å². The van der Waals surface area contributed by atoms with Gasteiger partial charge in [0.1, 0.15) is 0 Å². The highest BCUT2D eigenvalue weighted by atomic mass is 15.1. The molecule has 0 bridgehead atoms. The SMILES string of the molecule is CC(C)CCCCN1c2ccccc2CCc2ccccc21. The summed E-state index contributed by atoms with van der Waals surface area (Å²) in [6.07, 6.45) is 6.21. The quantitative estimate of drug-likeness (QED) is 0.634. The molecule has 0 N–H and O–H groups in total. The first-order valence-electron chi connectivity index (χ1n) is 8.69. The second kappa shape index (κ2) is 7.00. The molecule has 1 aliphatic rings. The number of hydrogen-bond acceptors (Lipinski definition) is 1. The van der Waals surface area contributed by atoms with Gasteiger partial charge in [-0.15, -0.1) is 0 Å². The molecule has 3 rings (SSSR count). The van der Waals surface area contributed by atoms with Gasteiger partial charge < -0.3 is 4.90 Å². The van der Waals surface area contributed by atoms with Crippen molar-refractivity contribution in [3.8, 4) is 0 Å². The molecule has 22 heavy (non-hydrogen) atoms. The number of hydrogen-bond donors (Lipinski definition) is 0. The van der Waals surface area contributed by atoms with Gasteiger partial charge in [-0.2, -0.15) is 0 Å². The Labute approximate surface area is 135 Å². The first kappa shape index (κ1) is 15.1. The van der Waals surface area contributed by atoms with Gasteiger partial charge >= 0.3 is 0 Å². The Morgan fingerprint density at radius 2 is 1.36 bits per heavy atom. The molecule has 0 aliphatic carbocycles. The topological polar surface area (TPSA) is 3.24 Å². The number of anilines is 2. The highest BCUT2D eigenvalue weighted by Crippen LogP contribution is 2.36. The fourth-order valence-corrected chi connectivity index (χ4v) is 3.43. The van der Waals surface area contributed by atoms with E-state index in [1.54, 1.807) is 0 Å². The standard InChI is InChI=1S/C21H27N/c1-17(2)9-7-8-16-22-20-12-5-3-10-18(20)14-15-19-11-4-6-13-21(19)22/h3-6,10-13,17H,7-9,14-16H2,1-2H3. The molecule has 1 heterocycles. The highest BCUT2D eigenvalue weighted by Gasteiger charge is 2.19. The molecular formula is C21H27N. The van der Waals surface area contributed by atoms with Gasteiger partial charge in [0, 0.05) is 17.9 Å². The Balaban J connectivity index is 1.85. The zero-order valence-corrected chi connectivity index (χ0v) is 13.9. The van der Waals surface area contributed by atoms with E-state index < -0.39 is 0 Å². The zero-order chi connectivity index (χ0) is 15.4. The van der Waals surface area contributed by atoms with Gasteiger partial charge in [0.2, 0.25) is 0 Å². The van der Waals surface area contributed by atoms with Crippen molar-refractivity contribution >= 4 is 11.4 Å². The van der Waals surface area contributed by atoms with Crippen LogP contribution >= 0.6 is 0 Å². The van der Waals surface area contributed by atoms with E-state index in [1.165, 1.54) is 41.8 Å². The van der Waals surface area contributed by atoms with Crippen LogP contribution in [0.4, 0.5) is 11.4 Å². The normalized spacial score (nSPS) is 13.7. The molecule has 2 aromatic carbocycles. The molecule has 0 saturated carbocycles. The minimum Gasteiger partial charge on any atom is -0.341 e. The van der Waals surface area contributed by atoms with Crippen LogP contribution in [0.15, 0.2) is 48.5 Å². The van der Waals surface area contributed by atoms with E-state index in [0.717, 1.165) is 25.3 Å². The molecule has 0 aromatic heterocycles. The lowest BCUT2D eigenvalue weighted by molar-refractivity contribution is 0.540. The van der Waals surface area contributed by atoms with Gasteiger partial charge in [-0.05, 0) is 48.4 Å². The molecule has 0 unspecified atom stereocenters. The van der Waals surface area contributed by atoms with Crippen LogP contribution in [-0.4, -0.2) is 6.54 Å². The maximum absolute atomic E-state index is 2.55. The molecule has 0 amide bonds. The molecule has 0 radical (unpaired) electrons. The fraction of sp³-hybridized carbons (Fsp3) is 0.429. The van der Waals surface area contributed by atoms with Crippen LogP contribution in [0, 0.1) is 5.92 Å². The monoisotopic (exact) mass is 293 g/mol. The third kappa shape index (κ3) is 3.35. The zero-order valence-electron chi connectivity index (χ0n) is 13.9. The van der Waals surface area contributed by atoms with Crippen LogP contribution in [0.2, 0.25) is 0 Å². The summed E-state index contributed by atoms with van der Waals surface area (Å²) in [7, 11) is 0. The predicted octanol–water partition coefficient (Wildman–Crippen LogP) is 5.75. The number of benzene rings is 2. The first-order chi connectivity index (χ1) is 10.8. The molecular weight excluding hydrogens is 266 g/mol. The maximum atomic E-state index is 2.55. The summed E-state index contributed by atoms with van der Waals surface area (Å²) >= 11 is 0. The molecule has 0 atom stereocenters. The lowest BCUT2D eigenvalue weighted by atomic mass is 10.0. The Kier molecular flexibility index (Phi) is 4.82. The Hall–Kier alpha value is -1.76. The molecule has 0 saturated heterocycles. The summed E-state index contributed by atoms with van der Waals surface area (Å²) in [5, 5.41) is 0. The van der Waals surface area contributed by atoms with Crippen LogP contribution < -0.4 is 4.90 Å².